The molecular weight excluding hydrogens is 679 g/mol. The monoisotopic (exact) mass is 727 g/mol. The number of nitrogens with zero attached hydrogens (tertiary/aromatic N) is 9. The zero-order valence-corrected chi connectivity index (χ0v) is 31.9. The van der Waals surface area contributed by atoms with Crippen LogP contribution in [0, 0.1) is 0 Å². The summed E-state index contributed by atoms with van der Waals surface area (Å²) in [5.74, 6) is 2.58. The van der Waals surface area contributed by atoms with Crippen molar-refractivity contribution in [3.05, 3.63) is 108 Å². The largest absolute Gasteiger partial charge is 0.279 e. The highest BCUT2D eigenvalue weighted by atomic mass is 31.2. The summed E-state index contributed by atoms with van der Waals surface area (Å²) in [4.78, 5) is 0. The summed E-state index contributed by atoms with van der Waals surface area (Å²) >= 11 is 0. The van der Waals surface area contributed by atoms with E-state index in [1.54, 1.807) is 0 Å². The van der Waals surface area contributed by atoms with Gasteiger partial charge in [0.2, 0.25) is 16.7 Å². The second kappa shape index (κ2) is 14.7. The first-order chi connectivity index (χ1) is 24.5. The van der Waals surface area contributed by atoms with Gasteiger partial charge in [0.1, 0.15) is 0 Å². The molecule has 0 spiro atoms. The highest BCUT2D eigenvalue weighted by Crippen LogP contribution is 2.77. The minimum atomic E-state index is -3.01. The Labute approximate surface area is 299 Å². The van der Waals surface area contributed by atoms with E-state index >= 15 is 0 Å². The summed E-state index contributed by atoms with van der Waals surface area (Å²) in [6.45, 7) is 0. The molecule has 0 amide bonds. The molecule has 50 heavy (non-hydrogen) atoms. The molecule has 11 nitrogen and oxygen atoms in total. The van der Waals surface area contributed by atoms with Gasteiger partial charge < -0.3 is 0 Å². The van der Waals surface area contributed by atoms with Crippen molar-refractivity contribution in [3.63, 3.8) is 0 Å². The van der Waals surface area contributed by atoms with Gasteiger partial charge in [-0.1, -0.05) is 130 Å². The normalized spacial score (nSPS) is 26.3. The maximum absolute atomic E-state index is 5.92. The van der Waals surface area contributed by atoms with Crippen molar-refractivity contribution in [2.24, 2.45) is 20.0 Å². The smallest absolute Gasteiger partial charge is 0.257 e. The molecule has 3 heterocycles. The van der Waals surface area contributed by atoms with Crippen molar-refractivity contribution in [2.45, 2.75) is 76.3 Å². The third-order valence-corrected chi connectivity index (χ3v) is 18.8. The molecule has 2 fully saturated rings. The quantitative estimate of drug-likeness (QED) is 0.213. The Morgan fingerprint density at radius 2 is 0.940 bits per heavy atom. The number of amidine groups is 3. The summed E-state index contributed by atoms with van der Waals surface area (Å²) in [5, 5.41) is 24.4. The summed E-state index contributed by atoms with van der Waals surface area (Å²) in [7, 11) is 1.03. The van der Waals surface area contributed by atoms with Gasteiger partial charge in [0.05, 0.1) is 0 Å². The Balaban J connectivity index is 1.35. The predicted molar refractivity (Wildman–Crippen MR) is 209 cm³/mol. The van der Waals surface area contributed by atoms with Gasteiger partial charge in [-0.25, -0.2) is 23.2 Å². The van der Waals surface area contributed by atoms with Crippen LogP contribution in [0.3, 0.4) is 0 Å². The van der Waals surface area contributed by atoms with Crippen molar-refractivity contribution in [1.29, 1.82) is 0 Å². The molecule has 0 bridgehead atoms. The van der Waals surface area contributed by atoms with Gasteiger partial charge >= 0.3 is 0 Å². The molecule has 2 atom stereocenters. The van der Waals surface area contributed by atoms with Crippen molar-refractivity contribution in [3.8, 4) is 0 Å². The van der Waals surface area contributed by atoms with Crippen LogP contribution in [0.5, 0.6) is 0 Å². The summed E-state index contributed by atoms with van der Waals surface area (Å²) < 4.78 is 17.6. The number of hydrogen-bond donors (Lipinski definition) is 2. The fourth-order valence-corrected chi connectivity index (χ4v) is 17.5. The molecule has 2 N–H and O–H groups in total. The van der Waals surface area contributed by atoms with E-state index < -0.39 is 24.3 Å². The first kappa shape index (κ1) is 33.8. The molecule has 14 heteroatoms. The minimum absolute atomic E-state index is 0.415. The molecule has 0 aromatic heterocycles. The van der Waals surface area contributed by atoms with E-state index in [4.69, 9.17) is 20.0 Å². The molecule has 3 aromatic rings. The van der Waals surface area contributed by atoms with Crippen LogP contribution in [-0.4, -0.2) is 74.0 Å². The Morgan fingerprint density at radius 1 is 0.540 bits per heavy atom. The van der Waals surface area contributed by atoms with Gasteiger partial charge in [0.15, 0.2) is 17.5 Å². The first-order valence-corrected chi connectivity index (χ1v) is 22.1. The third kappa shape index (κ3) is 6.37. The third-order valence-electron chi connectivity index (χ3n) is 10.0. The van der Waals surface area contributed by atoms with Gasteiger partial charge in [0.25, 0.3) is 7.51 Å². The Hall–Kier alpha value is -3.32. The average molecular weight is 728 g/mol. The van der Waals surface area contributed by atoms with Crippen LogP contribution in [0.25, 0.3) is 0 Å². The number of benzene rings is 3. The van der Waals surface area contributed by atoms with E-state index in [2.05, 4.69) is 146 Å². The van der Waals surface area contributed by atoms with E-state index in [9.17, 15) is 0 Å². The molecule has 2 saturated carbocycles. The summed E-state index contributed by atoms with van der Waals surface area (Å²) in [6.07, 6.45) is 12.3. The number of nitrogens with one attached hydrogen (secondary N) is 2. The molecule has 3 aromatic carbocycles. The molecule has 0 saturated heterocycles. The van der Waals surface area contributed by atoms with E-state index in [1.807, 2.05) is 0 Å². The molecule has 0 radical (unpaired) electrons. The molecule has 2 aliphatic carbocycles. The fourth-order valence-electron chi connectivity index (χ4n) is 7.45. The second-order valence-corrected chi connectivity index (χ2v) is 20.5. The van der Waals surface area contributed by atoms with E-state index in [-0.39, 0.29) is 0 Å². The lowest BCUT2D eigenvalue weighted by molar-refractivity contribution is 0.410. The van der Waals surface area contributed by atoms with Crippen molar-refractivity contribution >= 4 is 41.8 Å². The fraction of sp³-hybridized carbons (Fsp3) is 0.417. The van der Waals surface area contributed by atoms with E-state index in [0.29, 0.717) is 12.1 Å². The number of hydrogen-bond acceptors (Lipinski definition) is 11. The molecule has 5 aliphatic rings. The summed E-state index contributed by atoms with van der Waals surface area (Å²) in [6, 6.07) is 32.5. The highest BCUT2D eigenvalue weighted by Gasteiger charge is 2.58. The number of hydrazone groups is 3. The predicted octanol–water partition coefficient (Wildman–Crippen LogP) is 8.76. The van der Waals surface area contributed by atoms with Crippen LogP contribution in [0.2, 0.25) is 0 Å². The lowest BCUT2D eigenvalue weighted by atomic mass is 9.96. The summed E-state index contributed by atoms with van der Waals surface area (Å²) in [5.41, 5.74) is 3.15. The van der Waals surface area contributed by atoms with Crippen LogP contribution in [0.4, 0.5) is 0 Å². The lowest BCUT2D eigenvalue weighted by Crippen LogP contribution is -2.43. The Kier molecular flexibility index (Phi) is 9.96. The zero-order chi connectivity index (χ0) is 34.1. The minimum Gasteiger partial charge on any atom is -0.257 e. The van der Waals surface area contributed by atoms with Crippen LogP contribution >= 0.6 is 24.3 Å². The van der Waals surface area contributed by atoms with Crippen LogP contribution in [0.15, 0.2) is 111 Å². The van der Waals surface area contributed by atoms with Gasteiger partial charge in [0, 0.05) is 49.9 Å². The average Bonchev–Trinajstić information content (AvgIpc) is 3.80. The topological polar surface area (TPSA) is 89.7 Å². The Bertz CT molecular complexity index is 1680. The van der Waals surface area contributed by atoms with Crippen LogP contribution in [0.1, 0.15) is 80.9 Å². The van der Waals surface area contributed by atoms with E-state index in [0.717, 1.165) is 34.2 Å². The maximum atomic E-state index is 5.92. The van der Waals surface area contributed by atoms with Gasteiger partial charge in [-0.3, -0.25) is 10.2 Å². The van der Waals surface area contributed by atoms with Crippen LogP contribution < -0.4 is 10.2 Å². The van der Waals surface area contributed by atoms with Crippen molar-refractivity contribution in [2.75, 3.05) is 21.1 Å². The SMILES string of the molecule is CN1N=C(c2ccccc2)N(P2(N3C(c4ccccc4)=NN(C)P3NC3CCCCC3)=NC(c3ccccc3)=NN2C)P1NC1CCCCC1. The van der Waals surface area contributed by atoms with Gasteiger partial charge in [-0.05, 0) is 25.7 Å². The van der Waals surface area contributed by atoms with Crippen molar-refractivity contribution < 1.29 is 0 Å². The Morgan fingerprint density at radius 3 is 1.36 bits per heavy atom. The lowest BCUT2D eigenvalue weighted by Gasteiger charge is -2.48. The molecule has 3 aliphatic heterocycles. The van der Waals surface area contributed by atoms with Crippen LogP contribution in [-0.2, 0) is 0 Å². The highest BCUT2D eigenvalue weighted by molar-refractivity contribution is 7.79. The van der Waals surface area contributed by atoms with Gasteiger partial charge in [-0.2, -0.15) is 14.9 Å². The molecule has 262 valence electrons. The zero-order valence-electron chi connectivity index (χ0n) is 29.3. The number of rotatable bonds is 9. The maximum Gasteiger partial charge on any atom is 0.279 e. The molecule has 2 unspecified atom stereocenters. The van der Waals surface area contributed by atoms with E-state index in [1.165, 1.54) is 64.2 Å². The van der Waals surface area contributed by atoms with Gasteiger partial charge in [-0.15, -0.1) is 5.10 Å². The molecular formula is C36H48N11P3. The second-order valence-electron chi connectivity index (χ2n) is 13.6. The first-order valence-electron chi connectivity index (χ1n) is 18.0. The molecule has 8 rings (SSSR count). The van der Waals surface area contributed by atoms with Crippen molar-refractivity contribution in [1.82, 2.24) is 33.4 Å². The standard InChI is InChI=1S/C36H48N11P3/c1-43-38-35(30-21-11-5-12-22-30)46(48(43)40-32-25-15-7-16-26-32)50(42-34(37-45(50)3)29-19-9-4-10-20-29)47-36(31-23-13-6-14-24-31)39-44(2)49(47)41-33-27-17-8-18-28-33/h4-6,9-14,19-24,32-33,40-41H,7-8,15-18,25-28H2,1-3H3.